The van der Waals surface area contributed by atoms with Crippen molar-refractivity contribution in [2.24, 2.45) is 11.8 Å². The lowest BCUT2D eigenvalue weighted by Crippen LogP contribution is -2.29. The summed E-state index contributed by atoms with van der Waals surface area (Å²) in [6.45, 7) is 3.39. The molecule has 1 saturated heterocycles. The van der Waals surface area contributed by atoms with E-state index in [1.54, 1.807) is 0 Å². The smallest absolute Gasteiger partial charge is 0.169 e. The van der Waals surface area contributed by atoms with Crippen molar-refractivity contribution in [3.05, 3.63) is 0 Å². The Balaban J connectivity index is 1.71. The summed E-state index contributed by atoms with van der Waals surface area (Å²) >= 11 is 0. The van der Waals surface area contributed by atoms with Crippen LogP contribution in [0.3, 0.4) is 0 Å². The van der Waals surface area contributed by atoms with Crippen molar-refractivity contribution in [2.75, 3.05) is 13.2 Å². The zero-order valence-electron chi connectivity index (χ0n) is 9.30. The van der Waals surface area contributed by atoms with E-state index in [-0.39, 0.29) is 5.79 Å². The summed E-state index contributed by atoms with van der Waals surface area (Å²) in [5.41, 5.74) is -0.893. The first-order valence-corrected chi connectivity index (χ1v) is 6.12. The van der Waals surface area contributed by atoms with Crippen LogP contribution in [0.25, 0.3) is 0 Å². The molecule has 3 rings (SSSR count). The van der Waals surface area contributed by atoms with Crippen LogP contribution in [0.1, 0.15) is 39.0 Å². The van der Waals surface area contributed by atoms with E-state index in [1.807, 2.05) is 6.92 Å². The summed E-state index contributed by atoms with van der Waals surface area (Å²) in [7, 11) is 0. The normalized spacial score (nSPS) is 47.6. The molecule has 0 aromatic heterocycles. The highest BCUT2D eigenvalue weighted by Crippen LogP contribution is 2.56. The third-order valence-corrected chi connectivity index (χ3v) is 4.52. The lowest BCUT2D eigenvalue weighted by Gasteiger charge is -2.25. The largest absolute Gasteiger partial charge is 0.348 e. The first-order chi connectivity index (χ1) is 7.15. The van der Waals surface area contributed by atoms with E-state index in [2.05, 4.69) is 0 Å². The Morgan fingerprint density at radius 1 is 1.07 bits per heavy atom. The maximum Gasteiger partial charge on any atom is 0.169 e. The van der Waals surface area contributed by atoms with Crippen LogP contribution in [0, 0.1) is 11.8 Å². The van der Waals surface area contributed by atoms with Crippen molar-refractivity contribution in [3.8, 4) is 0 Å². The summed E-state index contributed by atoms with van der Waals surface area (Å²) in [5.74, 6) is 0.672. The second-order valence-corrected chi connectivity index (χ2v) is 5.45. The average molecular weight is 214 g/mol. The molecule has 0 radical (unpaired) electrons. The topological polar surface area (TPSA) is 18.5 Å². The van der Waals surface area contributed by atoms with Crippen molar-refractivity contribution in [1.82, 2.24) is 0 Å². The zero-order chi connectivity index (χ0) is 10.5. The fraction of sp³-hybridized carbons (Fsp3) is 1.00. The number of alkyl halides is 1. The first kappa shape index (κ1) is 10.0. The van der Waals surface area contributed by atoms with Gasteiger partial charge in [0.15, 0.2) is 5.79 Å². The number of fused-ring (bicyclic) bond motifs is 1. The molecule has 3 aliphatic rings. The SMILES string of the molecule is CCC1(F)CC2CC3(CC2C1)OCCO3. The van der Waals surface area contributed by atoms with Gasteiger partial charge in [-0.15, -0.1) is 0 Å². The maximum atomic E-state index is 14.2. The van der Waals surface area contributed by atoms with Crippen LogP contribution in [0.4, 0.5) is 4.39 Å². The molecule has 0 amide bonds. The third kappa shape index (κ3) is 1.51. The molecule has 0 bridgehead atoms. The Morgan fingerprint density at radius 3 is 2.07 bits per heavy atom. The molecule has 1 spiro atoms. The predicted octanol–water partition coefficient (Wildman–Crippen LogP) is 2.67. The van der Waals surface area contributed by atoms with Gasteiger partial charge in [0.05, 0.1) is 13.2 Å². The van der Waals surface area contributed by atoms with Crippen LogP contribution >= 0.6 is 0 Å². The quantitative estimate of drug-likeness (QED) is 0.668. The van der Waals surface area contributed by atoms with Crippen LogP contribution in [-0.4, -0.2) is 24.7 Å². The average Bonchev–Trinajstić information content (AvgIpc) is 2.82. The highest BCUT2D eigenvalue weighted by Gasteiger charge is 2.56. The van der Waals surface area contributed by atoms with Crippen molar-refractivity contribution in [2.45, 2.75) is 50.5 Å². The maximum absolute atomic E-state index is 14.2. The van der Waals surface area contributed by atoms with Crippen molar-refractivity contribution >= 4 is 0 Å². The Bertz CT molecular complexity index is 244. The van der Waals surface area contributed by atoms with Crippen LogP contribution in [-0.2, 0) is 9.47 Å². The molecule has 1 heterocycles. The van der Waals surface area contributed by atoms with Crippen LogP contribution in [0.2, 0.25) is 0 Å². The minimum Gasteiger partial charge on any atom is -0.348 e. The van der Waals surface area contributed by atoms with Gasteiger partial charge < -0.3 is 9.47 Å². The van der Waals surface area contributed by atoms with E-state index in [9.17, 15) is 4.39 Å². The number of halogens is 1. The summed E-state index contributed by atoms with van der Waals surface area (Å²) in [5, 5.41) is 0. The van der Waals surface area contributed by atoms with Crippen molar-refractivity contribution < 1.29 is 13.9 Å². The molecule has 86 valence electrons. The lowest BCUT2D eigenvalue weighted by molar-refractivity contribution is -0.157. The molecule has 2 atom stereocenters. The highest BCUT2D eigenvalue weighted by molar-refractivity contribution is 5.02. The molecular weight excluding hydrogens is 195 g/mol. The van der Waals surface area contributed by atoms with Gasteiger partial charge in [-0.3, -0.25) is 0 Å². The molecular formula is C12H19FO2. The fourth-order valence-electron chi connectivity index (χ4n) is 3.74. The lowest BCUT2D eigenvalue weighted by atomic mass is 9.96. The number of hydrogen-bond donors (Lipinski definition) is 0. The van der Waals surface area contributed by atoms with Crippen LogP contribution in [0.15, 0.2) is 0 Å². The number of rotatable bonds is 1. The van der Waals surface area contributed by atoms with E-state index < -0.39 is 5.67 Å². The zero-order valence-corrected chi connectivity index (χ0v) is 9.30. The van der Waals surface area contributed by atoms with Gasteiger partial charge in [0.1, 0.15) is 5.67 Å². The van der Waals surface area contributed by atoms with Gasteiger partial charge in [0.2, 0.25) is 0 Å². The van der Waals surface area contributed by atoms with E-state index in [1.165, 1.54) is 0 Å². The van der Waals surface area contributed by atoms with Gasteiger partial charge in [0, 0.05) is 12.8 Å². The van der Waals surface area contributed by atoms with Gasteiger partial charge in [-0.05, 0) is 31.1 Å². The molecule has 0 aromatic rings. The third-order valence-electron chi connectivity index (χ3n) is 4.52. The van der Waals surface area contributed by atoms with Crippen LogP contribution < -0.4 is 0 Å². The van der Waals surface area contributed by atoms with E-state index in [0.29, 0.717) is 31.5 Å². The Labute approximate surface area is 90.1 Å². The molecule has 0 aromatic carbocycles. The second-order valence-electron chi connectivity index (χ2n) is 5.45. The monoisotopic (exact) mass is 214 g/mol. The molecule has 1 aliphatic heterocycles. The summed E-state index contributed by atoms with van der Waals surface area (Å²) < 4.78 is 25.5. The van der Waals surface area contributed by atoms with E-state index >= 15 is 0 Å². The first-order valence-electron chi connectivity index (χ1n) is 6.12. The van der Waals surface area contributed by atoms with Gasteiger partial charge in [0.25, 0.3) is 0 Å². The summed E-state index contributed by atoms with van der Waals surface area (Å²) in [6.07, 6.45) is 3.95. The Hall–Kier alpha value is -0.150. The molecule has 2 unspecified atom stereocenters. The second kappa shape index (κ2) is 3.17. The van der Waals surface area contributed by atoms with Crippen LogP contribution in [0.5, 0.6) is 0 Å². The van der Waals surface area contributed by atoms with E-state index in [4.69, 9.17) is 9.47 Å². The molecule has 2 nitrogen and oxygen atoms in total. The van der Waals surface area contributed by atoms with E-state index in [0.717, 1.165) is 25.7 Å². The minimum absolute atomic E-state index is 0.315. The molecule has 2 aliphatic carbocycles. The number of hydrogen-bond acceptors (Lipinski definition) is 2. The number of ether oxygens (including phenoxy) is 2. The highest BCUT2D eigenvalue weighted by atomic mass is 19.1. The van der Waals surface area contributed by atoms with Crippen molar-refractivity contribution in [3.63, 3.8) is 0 Å². The fourth-order valence-corrected chi connectivity index (χ4v) is 3.74. The molecule has 3 fully saturated rings. The molecule has 0 N–H and O–H groups in total. The Kier molecular flexibility index (Phi) is 2.12. The predicted molar refractivity (Wildman–Crippen MR) is 54.2 cm³/mol. The van der Waals surface area contributed by atoms with Crippen molar-refractivity contribution in [1.29, 1.82) is 0 Å². The van der Waals surface area contributed by atoms with Gasteiger partial charge in [-0.2, -0.15) is 0 Å². The standard InChI is InChI=1S/C12H19FO2/c1-2-11(13)5-9-7-12(8-10(9)6-11)14-3-4-15-12/h9-10H,2-8H2,1H3. The van der Waals surface area contributed by atoms with Gasteiger partial charge >= 0.3 is 0 Å². The summed E-state index contributed by atoms with van der Waals surface area (Å²) in [6, 6.07) is 0. The molecule has 2 saturated carbocycles. The minimum atomic E-state index is -0.893. The van der Waals surface area contributed by atoms with Gasteiger partial charge in [-0.1, -0.05) is 6.92 Å². The Morgan fingerprint density at radius 2 is 1.60 bits per heavy atom. The molecule has 15 heavy (non-hydrogen) atoms. The summed E-state index contributed by atoms with van der Waals surface area (Å²) in [4.78, 5) is 0. The molecule has 3 heteroatoms. The van der Waals surface area contributed by atoms with Gasteiger partial charge in [-0.25, -0.2) is 4.39 Å².